The summed E-state index contributed by atoms with van der Waals surface area (Å²) >= 11 is 0. The molecule has 4 aromatic rings. The predicted molar refractivity (Wildman–Crippen MR) is 90.3 cm³/mol. The van der Waals surface area contributed by atoms with E-state index in [1.807, 2.05) is 30.3 Å². The number of carbonyl (C=O) groups excluding carboxylic acids is 1. The average Bonchev–Trinajstić information content (AvgIpc) is 2.58. The summed E-state index contributed by atoms with van der Waals surface area (Å²) in [5, 5.41) is 4.36. The first-order valence-corrected chi connectivity index (χ1v) is 7.43. The van der Waals surface area contributed by atoms with Crippen LogP contribution in [0.4, 0.5) is 0 Å². The summed E-state index contributed by atoms with van der Waals surface area (Å²) < 4.78 is 0. The summed E-state index contributed by atoms with van der Waals surface area (Å²) in [6.07, 6.45) is 0. The minimum atomic E-state index is 0.135. The molecule has 1 nitrogen and oxygen atoms in total. The maximum Gasteiger partial charge on any atom is 0.194 e. The van der Waals surface area contributed by atoms with E-state index >= 15 is 0 Å². The zero-order chi connectivity index (χ0) is 14.7. The fourth-order valence-corrected chi connectivity index (χ4v) is 3.63. The predicted octanol–water partition coefficient (Wildman–Crippen LogP) is 5.20. The van der Waals surface area contributed by atoms with Gasteiger partial charge in [0.15, 0.2) is 5.78 Å². The number of carbonyl (C=O) groups is 1. The molecule has 4 aromatic carbocycles. The third-order valence-corrected chi connectivity index (χ3v) is 4.60. The first-order valence-electron chi connectivity index (χ1n) is 7.43. The van der Waals surface area contributed by atoms with Crippen molar-refractivity contribution in [2.45, 2.75) is 0 Å². The fraction of sp³-hybridized carbons (Fsp3) is 0. The number of rotatable bonds is 0. The second-order valence-electron chi connectivity index (χ2n) is 5.75. The smallest absolute Gasteiger partial charge is 0.194 e. The van der Waals surface area contributed by atoms with Crippen LogP contribution in [0.15, 0.2) is 72.8 Å². The lowest BCUT2D eigenvalue weighted by Crippen LogP contribution is -2.10. The molecule has 0 heterocycles. The molecule has 22 heavy (non-hydrogen) atoms. The van der Waals surface area contributed by atoms with Gasteiger partial charge in [-0.15, -0.1) is 0 Å². The van der Waals surface area contributed by atoms with Gasteiger partial charge in [0, 0.05) is 16.5 Å². The second-order valence-corrected chi connectivity index (χ2v) is 5.75. The van der Waals surface area contributed by atoms with Crippen LogP contribution in [0, 0.1) is 0 Å². The van der Waals surface area contributed by atoms with Gasteiger partial charge in [0.1, 0.15) is 0 Å². The highest BCUT2D eigenvalue weighted by Gasteiger charge is 2.26. The highest BCUT2D eigenvalue weighted by Crippen LogP contribution is 2.41. The van der Waals surface area contributed by atoms with E-state index in [9.17, 15) is 4.79 Å². The van der Waals surface area contributed by atoms with Gasteiger partial charge in [-0.05, 0) is 27.3 Å². The Morgan fingerprint density at radius 1 is 0.545 bits per heavy atom. The zero-order valence-electron chi connectivity index (χ0n) is 11.8. The van der Waals surface area contributed by atoms with E-state index in [4.69, 9.17) is 0 Å². The van der Waals surface area contributed by atoms with Crippen LogP contribution in [0.25, 0.3) is 32.7 Å². The molecule has 5 rings (SSSR count). The third-order valence-electron chi connectivity index (χ3n) is 4.60. The van der Waals surface area contributed by atoms with E-state index in [0.717, 1.165) is 43.8 Å². The van der Waals surface area contributed by atoms with E-state index in [1.54, 1.807) is 0 Å². The standard InChI is InChI=1S/C21H12O/c22-21-18-10-4-7-14-6-3-9-16(19(14)18)17-12-11-13-5-1-2-8-15(13)20(17)21/h1-12H. The monoisotopic (exact) mass is 280 g/mol. The summed E-state index contributed by atoms with van der Waals surface area (Å²) in [5.41, 5.74) is 3.86. The van der Waals surface area contributed by atoms with Crippen LogP contribution >= 0.6 is 0 Å². The summed E-state index contributed by atoms with van der Waals surface area (Å²) in [5.74, 6) is 0.135. The lowest BCUT2D eigenvalue weighted by molar-refractivity contribution is 0.104. The molecular weight excluding hydrogens is 268 g/mol. The molecule has 1 aliphatic rings. The molecule has 1 aliphatic carbocycles. The first-order chi connectivity index (χ1) is 10.8. The minimum absolute atomic E-state index is 0.135. The molecule has 102 valence electrons. The summed E-state index contributed by atoms with van der Waals surface area (Å²) in [6.45, 7) is 0. The Bertz CT molecular complexity index is 1080. The van der Waals surface area contributed by atoms with Crippen LogP contribution in [0.3, 0.4) is 0 Å². The van der Waals surface area contributed by atoms with Crippen LogP contribution in [-0.2, 0) is 0 Å². The quantitative estimate of drug-likeness (QED) is 0.381. The van der Waals surface area contributed by atoms with Crippen molar-refractivity contribution in [3.8, 4) is 11.1 Å². The minimum Gasteiger partial charge on any atom is -0.289 e. The third kappa shape index (κ3) is 1.35. The van der Waals surface area contributed by atoms with Crippen molar-refractivity contribution in [3.05, 3.63) is 83.9 Å². The molecule has 0 N–H and O–H groups in total. The van der Waals surface area contributed by atoms with E-state index in [1.165, 1.54) is 0 Å². The highest BCUT2D eigenvalue weighted by atomic mass is 16.1. The largest absolute Gasteiger partial charge is 0.289 e. The van der Waals surface area contributed by atoms with Gasteiger partial charge in [-0.1, -0.05) is 72.8 Å². The van der Waals surface area contributed by atoms with Gasteiger partial charge in [-0.25, -0.2) is 0 Å². The number of fused-ring (bicyclic) bond motifs is 4. The van der Waals surface area contributed by atoms with Gasteiger partial charge in [0.2, 0.25) is 0 Å². The number of hydrogen-bond donors (Lipinski definition) is 0. The Labute approximate surface area is 127 Å². The molecule has 0 saturated heterocycles. The molecular formula is C21H12O. The zero-order valence-corrected chi connectivity index (χ0v) is 11.8. The van der Waals surface area contributed by atoms with Crippen molar-refractivity contribution in [2.75, 3.05) is 0 Å². The van der Waals surface area contributed by atoms with E-state index in [0.29, 0.717) is 0 Å². The summed E-state index contributed by atoms with van der Waals surface area (Å²) in [7, 11) is 0. The van der Waals surface area contributed by atoms with Gasteiger partial charge >= 0.3 is 0 Å². The van der Waals surface area contributed by atoms with Crippen LogP contribution in [0.1, 0.15) is 15.9 Å². The molecule has 0 atom stereocenters. The number of hydrogen-bond acceptors (Lipinski definition) is 1. The lowest BCUT2D eigenvalue weighted by atomic mass is 9.81. The highest BCUT2D eigenvalue weighted by molar-refractivity contribution is 6.29. The maximum absolute atomic E-state index is 13.1. The van der Waals surface area contributed by atoms with E-state index < -0.39 is 0 Å². The summed E-state index contributed by atoms with van der Waals surface area (Å²) in [4.78, 5) is 13.1. The fourth-order valence-electron chi connectivity index (χ4n) is 3.63. The molecule has 0 saturated carbocycles. The molecule has 1 heteroatoms. The van der Waals surface area contributed by atoms with Gasteiger partial charge in [-0.2, -0.15) is 0 Å². The average molecular weight is 280 g/mol. The SMILES string of the molecule is O=C1c2c(ccc3ccccc23)-c2cccc3cccc1c23. The van der Waals surface area contributed by atoms with Crippen molar-refractivity contribution in [1.29, 1.82) is 0 Å². The Hall–Kier alpha value is -2.93. The van der Waals surface area contributed by atoms with Gasteiger partial charge < -0.3 is 0 Å². The van der Waals surface area contributed by atoms with E-state index in [2.05, 4.69) is 42.5 Å². The molecule has 0 aromatic heterocycles. The lowest BCUT2D eigenvalue weighted by Gasteiger charge is -2.21. The van der Waals surface area contributed by atoms with Crippen molar-refractivity contribution in [2.24, 2.45) is 0 Å². The number of benzene rings is 4. The van der Waals surface area contributed by atoms with E-state index in [-0.39, 0.29) is 5.78 Å². The van der Waals surface area contributed by atoms with Crippen LogP contribution in [0.2, 0.25) is 0 Å². The van der Waals surface area contributed by atoms with Crippen molar-refractivity contribution in [1.82, 2.24) is 0 Å². The van der Waals surface area contributed by atoms with Crippen molar-refractivity contribution >= 4 is 27.3 Å². The molecule has 0 fully saturated rings. The maximum atomic E-state index is 13.1. The summed E-state index contributed by atoms with van der Waals surface area (Å²) in [6, 6.07) is 24.5. The molecule has 0 radical (unpaired) electrons. The molecule has 0 spiro atoms. The van der Waals surface area contributed by atoms with Crippen LogP contribution in [-0.4, -0.2) is 5.78 Å². The molecule has 0 bridgehead atoms. The van der Waals surface area contributed by atoms with Gasteiger partial charge in [0.25, 0.3) is 0 Å². The van der Waals surface area contributed by atoms with Gasteiger partial charge in [-0.3, -0.25) is 4.79 Å². The first kappa shape index (κ1) is 11.7. The molecule has 0 amide bonds. The topological polar surface area (TPSA) is 17.1 Å². The van der Waals surface area contributed by atoms with Gasteiger partial charge in [0.05, 0.1) is 0 Å². The number of ketones is 1. The Kier molecular flexibility index (Phi) is 2.15. The Morgan fingerprint density at radius 3 is 2.14 bits per heavy atom. The molecule has 0 aliphatic heterocycles. The Morgan fingerprint density at radius 2 is 1.27 bits per heavy atom. The van der Waals surface area contributed by atoms with Crippen molar-refractivity contribution < 1.29 is 4.79 Å². The Balaban J connectivity index is 2.04. The second kappa shape index (κ2) is 4.05. The normalized spacial score (nSPS) is 12.6. The van der Waals surface area contributed by atoms with Crippen LogP contribution in [0.5, 0.6) is 0 Å². The van der Waals surface area contributed by atoms with Crippen LogP contribution < -0.4 is 0 Å². The van der Waals surface area contributed by atoms with Crippen molar-refractivity contribution in [3.63, 3.8) is 0 Å². The molecule has 0 unspecified atom stereocenters.